The smallest absolute Gasteiger partial charge is 0.244 e. The molecule has 62 heavy (non-hydrogen) atoms. The molecule has 7 aromatic carbocycles. The average molecular weight is 845 g/mol. The second kappa shape index (κ2) is 19.5. The van der Waals surface area contributed by atoms with E-state index >= 15 is 0 Å². The van der Waals surface area contributed by atoms with Gasteiger partial charge in [0.1, 0.15) is 10.1 Å². The standard InChI is InChI=1S/C56H48N2O2S2/c1-38-15-23-47(33-40(38)3)52(45-11-7-5-8-12-45)35-42-17-25-49(26-18-42)58(51-29-21-44(22-30-51)37-54-55(60)62-56(57-54)61-32-31-59)50-27-19-43(20-28-50)36-53(46-13-9-6-10-14-46)48-24-16-39(2)41(4)34-48/h5-30,33-37,59H,31-32H2,1-4H3/b52-35+,53-36+,54-37-. The van der Waals surface area contributed by atoms with Gasteiger partial charge in [0.05, 0.1) is 6.61 Å². The van der Waals surface area contributed by atoms with Crippen LogP contribution in [0.1, 0.15) is 61.2 Å². The molecule has 4 nitrogen and oxygen atoms in total. The molecule has 0 amide bonds. The van der Waals surface area contributed by atoms with Crippen molar-refractivity contribution in [3.8, 4) is 0 Å². The summed E-state index contributed by atoms with van der Waals surface area (Å²) in [5.74, 6) is 0.507. The molecule has 1 heterocycles. The highest BCUT2D eigenvalue weighted by molar-refractivity contribution is 8.45. The van der Waals surface area contributed by atoms with Crippen molar-refractivity contribution in [2.24, 2.45) is 4.99 Å². The predicted molar refractivity (Wildman–Crippen MR) is 267 cm³/mol. The van der Waals surface area contributed by atoms with Gasteiger partial charge in [-0.25, -0.2) is 4.99 Å². The average Bonchev–Trinajstić information content (AvgIpc) is 3.65. The molecule has 0 fully saturated rings. The first-order valence-electron chi connectivity index (χ1n) is 20.8. The van der Waals surface area contributed by atoms with Crippen LogP contribution in [-0.4, -0.2) is 27.0 Å². The van der Waals surface area contributed by atoms with E-state index in [1.54, 1.807) is 0 Å². The fourth-order valence-corrected chi connectivity index (χ4v) is 9.05. The van der Waals surface area contributed by atoms with Gasteiger partial charge < -0.3 is 10.0 Å². The topological polar surface area (TPSA) is 52.9 Å². The van der Waals surface area contributed by atoms with Crippen molar-refractivity contribution in [3.05, 3.63) is 237 Å². The van der Waals surface area contributed by atoms with Crippen LogP contribution < -0.4 is 4.90 Å². The van der Waals surface area contributed by atoms with Crippen LogP contribution in [0, 0.1) is 27.7 Å². The highest BCUT2D eigenvalue weighted by Crippen LogP contribution is 2.38. The number of carbonyl (C=O) groups is 1. The van der Waals surface area contributed by atoms with Gasteiger partial charge in [-0.05, 0) is 166 Å². The Balaban J connectivity index is 1.17. The van der Waals surface area contributed by atoms with E-state index in [-0.39, 0.29) is 11.7 Å². The van der Waals surface area contributed by atoms with Crippen molar-refractivity contribution in [1.29, 1.82) is 0 Å². The van der Waals surface area contributed by atoms with Crippen molar-refractivity contribution < 1.29 is 9.90 Å². The Morgan fingerprint density at radius 3 is 1.40 bits per heavy atom. The highest BCUT2D eigenvalue weighted by Gasteiger charge is 2.22. The first-order valence-corrected chi connectivity index (χ1v) is 22.6. The van der Waals surface area contributed by atoms with Crippen LogP contribution >= 0.6 is 23.5 Å². The molecule has 306 valence electrons. The summed E-state index contributed by atoms with van der Waals surface area (Å²) >= 11 is 2.52. The lowest BCUT2D eigenvalue weighted by molar-refractivity contribution is -0.107. The van der Waals surface area contributed by atoms with E-state index in [9.17, 15) is 9.90 Å². The number of benzene rings is 7. The number of aliphatic imine (C=N–C) groups is 1. The molecule has 1 aliphatic heterocycles. The minimum absolute atomic E-state index is 0.0397. The van der Waals surface area contributed by atoms with E-state index in [1.807, 2.05) is 18.2 Å². The van der Waals surface area contributed by atoms with Crippen LogP contribution in [0.25, 0.3) is 29.4 Å². The van der Waals surface area contributed by atoms with Crippen LogP contribution in [0.5, 0.6) is 0 Å². The Morgan fingerprint density at radius 1 is 0.548 bits per heavy atom. The van der Waals surface area contributed by atoms with Gasteiger partial charge in [0.15, 0.2) is 0 Å². The van der Waals surface area contributed by atoms with E-state index in [1.165, 1.54) is 67.4 Å². The van der Waals surface area contributed by atoms with Crippen LogP contribution in [0.4, 0.5) is 17.1 Å². The molecule has 0 aliphatic carbocycles. The molecule has 0 atom stereocenters. The van der Waals surface area contributed by atoms with Crippen LogP contribution in [0.15, 0.2) is 181 Å². The molecule has 0 aromatic heterocycles. The Labute approximate surface area is 374 Å². The summed E-state index contributed by atoms with van der Waals surface area (Å²) < 4.78 is 0.671. The molecule has 6 heteroatoms. The molecule has 0 radical (unpaired) electrons. The van der Waals surface area contributed by atoms with E-state index in [0.717, 1.165) is 45.5 Å². The zero-order valence-electron chi connectivity index (χ0n) is 35.4. The Morgan fingerprint density at radius 2 is 0.984 bits per heavy atom. The number of aliphatic hydroxyl groups is 1. The summed E-state index contributed by atoms with van der Waals surface area (Å²) in [5.41, 5.74) is 18.7. The molecule has 0 unspecified atom stereocenters. The van der Waals surface area contributed by atoms with E-state index < -0.39 is 0 Å². The molecular weight excluding hydrogens is 797 g/mol. The Hall–Kier alpha value is -6.44. The van der Waals surface area contributed by atoms with Gasteiger partial charge in [-0.2, -0.15) is 0 Å². The lowest BCUT2D eigenvalue weighted by atomic mass is 9.93. The van der Waals surface area contributed by atoms with Crippen molar-refractivity contribution in [2.45, 2.75) is 27.7 Å². The molecule has 1 aliphatic rings. The molecule has 0 saturated carbocycles. The van der Waals surface area contributed by atoms with Gasteiger partial charge in [0, 0.05) is 22.8 Å². The quantitative estimate of drug-likeness (QED) is 0.0981. The molecule has 0 bridgehead atoms. The monoisotopic (exact) mass is 844 g/mol. The minimum Gasteiger partial charge on any atom is -0.396 e. The first kappa shape index (κ1) is 42.3. The normalized spacial score (nSPS) is 13.7. The van der Waals surface area contributed by atoms with E-state index in [2.05, 4.69) is 207 Å². The third-order valence-electron chi connectivity index (χ3n) is 11.1. The maximum absolute atomic E-state index is 12.8. The molecule has 8 rings (SSSR count). The molecule has 7 aromatic rings. The summed E-state index contributed by atoms with van der Waals surface area (Å²) in [4.78, 5) is 19.5. The fourth-order valence-electron chi connectivity index (χ4n) is 7.40. The number of hydrogen-bond donors (Lipinski definition) is 1. The molecular formula is C56H48N2O2S2. The zero-order valence-corrected chi connectivity index (χ0v) is 37.0. The van der Waals surface area contributed by atoms with Crippen molar-refractivity contribution >= 4 is 79.5 Å². The lowest BCUT2D eigenvalue weighted by Crippen LogP contribution is -2.10. The summed E-state index contributed by atoms with van der Waals surface area (Å²) in [7, 11) is 0. The van der Waals surface area contributed by atoms with Gasteiger partial charge >= 0.3 is 0 Å². The fraction of sp³-hybridized carbons (Fsp3) is 0.107. The SMILES string of the molecule is Cc1ccc(/C(=C/c2ccc(N(c3ccc(/C=C4\N=C(SCCO)SC4=O)cc3)c3ccc(/C=C(\c4ccccc4)c4ccc(C)c(C)c4)cc3)cc2)c2ccccc2)cc1C. The number of thioether (sulfide) groups is 2. The Kier molecular flexibility index (Phi) is 13.3. The number of hydrogen-bond acceptors (Lipinski definition) is 6. The largest absolute Gasteiger partial charge is 0.396 e. The number of anilines is 3. The minimum atomic E-state index is -0.0831. The van der Waals surface area contributed by atoms with Gasteiger partial charge in [-0.1, -0.05) is 145 Å². The maximum Gasteiger partial charge on any atom is 0.244 e. The van der Waals surface area contributed by atoms with Crippen molar-refractivity contribution in [2.75, 3.05) is 17.3 Å². The molecule has 0 saturated heterocycles. The van der Waals surface area contributed by atoms with Crippen LogP contribution in [0.3, 0.4) is 0 Å². The number of nitrogens with zero attached hydrogens (tertiary/aromatic N) is 2. The number of aliphatic hydroxyl groups excluding tert-OH is 1. The van der Waals surface area contributed by atoms with Crippen LogP contribution in [0.2, 0.25) is 0 Å². The van der Waals surface area contributed by atoms with Gasteiger partial charge in [-0.15, -0.1) is 0 Å². The lowest BCUT2D eigenvalue weighted by Gasteiger charge is -2.26. The highest BCUT2D eigenvalue weighted by atomic mass is 32.2. The summed E-state index contributed by atoms with van der Waals surface area (Å²) in [6, 6.07) is 60.2. The second-order valence-electron chi connectivity index (χ2n) is 15.4. The van der Waals surface area contributed by atoms with Crippen molar-refractivity contribution in [3.63, 3.8) is 0 Å². The first-order chi connectivity index (χ1) is 30.2. The van der Waals surface area contributed by atoms with Gasteiger partial charge in [0.25, 0.3) is 0 Å². The van der Waals surface area contributed by atoms with Crippen LogP contribution in [-0.2, 0) is 4.79 Å². The summed E-state index contributed by atoms with van der Waals surface area (Å²) in [6.45, 7) is 8.68. The Bertz CT molecular complexity index is 2680. The third-order valence-corrected chi connectivity index (χ3v) is 13.1. The molecule has 1 N–H and O–H groups in total. The second-order valence-corrected chi connectivity index (χ2v) is 17.7. The summed E-state index contributed by atoms with van der Waals surface area (Å²) in [5, 5.41) is 9.15. The third kappa shape index (κ3) is 10.0. The van der Waals surface area contributed by atoms with E-state index in [0.29, 0.717) is 15.8 Å². The van der Waals surface area contributed by atoms with Crippen molar-refractivity contribution in [1.82, 2.24) is 0 Å². The molecule has 0 spiro atoms. The zero-order chi connectivity index (χ0) is 43.0. The van der Waals surface area contributed by atoms with Gasteiger partial charge in [-0.3, -0.25) is 4.79 Å². The number of aryl methyl sites for hydroxylation is 4. The predicted octanol–water partition coefficient (Wildman–Crippen LogP) is 14.3. The summed E-state index contributed by atoms with van der Waals surface area (Å²) in [6.07, 6.45) is 6.38. The number of rotatable bonds is 12. The van der Waals surface area contributed by atoms with Gasteiger partial charge in [0.2, 0.25) is 5.12 Å². The maximum atomic E-state index is 12.8. The number of carbonyl (C=O) groups excluding carboxylic acids is 1. The van der Waals surface area contributed by atoms with E-state index in [4.69, 9.17) is 0 Å².